The fourth-order valence-electron chi connectivity index (χ4n) is 1.27. The highest BCUT2D eigenvalue weighted by Gasteiger charge is 2.05. The highest BCUT2D eigenvalue weighted by atomic mass is 19.3. The largest absolute Gasteiger partial charge is 0.472 e. The summed E-state index contributed by atoms with van der Waals surface area (Å²) in [5.41, 5.74) is 0.789. The van der Waals surface area contributed by atoms with Gasteiger partial charge in [0.2, 0.25) is 5.88 Å². The van der Waals surface area contributed by atoms with Gasteiger partial charge in [-0.15, -0.1) is 0 Å². The lowest BCUT2D eigenvalue weighted by molar-refractivity contribution is 0.0795. The smallest absolute Gasteiger partial charge is 0.272 e. The van der Waals surface area contributed by atoms with E-state index >= 15 is 0 Å². The number of alkyl halides is 2. The predicted molar refractivity (Wildman–Crippen MR) is 62.3 cm³/mol. The Morgan fingerprint density at radius 3 is 2.76 bits per heavy atom. The molecule has 0 radical (unpaired) electrons. The van der Waals surface area contributed by atoms with Crippen molar-refractivity contribution < 1.29 is 13.5 Å². The third-order valence-electron chi connectivity index (χ3n) is 2.00. The molecule has 0 saturated carbocycles. The van der Waals surface area contributed by atoms with Crippen LogP contribution in [0.25, 0.3) is 0 Å². The summed E-state index contributed by atoms with van der Waals surface area (Å²) in [6.45, 7) is 5.12. The predicted octanol–water partition coefficient (Wildman–Crippen LogP) is 2.47. The maximum Gasteiger partial charge on any atom is 0.272 e. The van der Waals surface area contributed by atoms with E-state index in [4.69, 9.17) is 4.74 Å². The van der Waals surface area contributed by atoms with Crippen LogP contribution in [0.5, 0.6) is 5.88 Å². The molecule has 0 bridgehead atoms. The van der Waals surface area contributed by atoms with Crippen molar-refractivity contribution in [1.29, 1.82) is 0 Å². The van der Waals surface area contributed by atoms with Gasteiger partial charge >= 0.3 is 0 Å². The first-order valence-corrected chi connectivity index (χ1v) is 5.65. The number of nitrogens with one attached hydrogen (secondary N) is 1. The van der Waals surface area contributed by atoms with E-state index in [9.17, 15) is 8.78 Å². The van der Waals surface area contributed by atoms with E-state index in [0.717, 1.165) is 12.2 Å². The number of hydrogen-bond donors (Lipinski definition) is 1. The molecule has 0 spiro atoms. The van der Waals surface area contributed by atoms with Gasteiger partial charge in [-0.1, -0.05) is 19.9 Å². The maximum atomic E-state index is 11.9. The number of aromatic nitrogens is 1. The van der Waals surface area contributed by atoms with Crippen molar-refractivity contribution in [2.24, 2.45) is 5.92 Å². The first kappa shape index (κ1) is 13.8. The molecule has 96 valence electrons. The molecular formula is C12H18F2N2O. The average Bonchev–Trinajstić information content (AvgIpc) is 2.26. The second-order valence-electron chi connectivity index (χ2n) is 4.19. The van der Waals surface area contributed by atoms with Gasteiger partial charge in [0, 0.05) is 12.6 Å². The Morgan fingerprint density at radius 1 is 1.35 bits per heavy atom. The Hall–Kier alpha value is -1.23. The summed E-state index contributed by atoms with van der Waals surface area (Å²) in [4.78, 5) is 4.12. The van der Waals surface area contributed by atoms with Crippen molar-refractivity contribution in [1.82, 2.24) is 10.3 Å². The standard InChI is InChI=1S/C12H18F2N2O/c1-9(2)6-15-7-10-4-3-5-12(16-10)17-8-11(13)14/h3-5,9,11,15H,6-8H2,1-2H3. The van der Waals surface area contributed by atoms with Crippen LogP contribution in [0.1, 0.15) is 19.5 Å². The highest BCUT2D eigenvalue weighted by molar-refractivity contribution is 5.15. The Labute approximate surface area is 100 Å². The Morgan fingerprint density at radius 2 is 2.12 bits per heavy atom. The van der Waals surface area contributed by atoms with Crippen molar-refractivity contribution in [3.05, 3.63) is 23.9 Å². The van der Waals surface area contributed by atoms with Crippen molar-refractivity contribution in [3.63, 3.8) is 0 Å². The number of halogens is 2. The molecule has 0 aliphatic carbocycles. The first-order chi connectivity index (χ1) is 8.08. The Bertz CT molecular complexity index is 332. The third kappa shape index (κ3) is 6.16. The molecular weight excluding hydrogens is 226 g/mol. The molecule has 1 aromatic heterocycles. The molecule has 0 saturated heterocycles. The lowest BCUT2D eigenvalue weighted by atomic mass is 10.2. The fourth-order valence-corrected chi connectivity index (χ4v) is 1.27. The van der Waals surface area contributed by atoms with Gasteiger partial charge in [0.05, 0.1) is 5.69 Å². The minimum absolute atomic E-state index is 0.245. The number of hydrogen-bond acceptors (Lipinski definition) is 3. The summed E-state index contributed by atoms with van der Waals surface area (Å²) in [5, 5.41) is 3.23. The molecule has 0 amide bonds. The molecule has 0 atom stereocenters. The van der Waals surface area contributed by atoms with Crippen LogP contribution in [0.15, 0.2) is 18.2 Å². The van der Waals surface area contributed by atoms with E-state index in [1.54, 1.807) is 12.1 Å². The molecule has 1 aromatic rings. The minimum Gasteiger partial charge on any atom is -0.472 e. The van der Waals surface area contributed by atoms with E-state index in [-0.39, 0.29) is 5.88 Å². The molecule has 1 rings (SSSR count). The summed E-state index contributed by atoms with van der Waals surface area (Å²) in [7, 11) is 0. The second kappa shape index (κ2) is 7.17. The monoisotopic (exact) mass is 244 g/mol. The van der Waals surface area contributed by atoms with E-state index in [0.29, 0.717) is 12.5 Å². The van der Waals surface area contributed by atoms with Gasteiger partial charge < -0.3 is 10.1 Å². The maximum absolute atomic E-state index is 11.9. The fraction of sp³-hybridized carbons (Fsp3) is 0.583. The van der Waals surface area contributed by atoms with Gasteiger partial charge in [-0.2, -0.15) is 0 Å². The SMILES string of the molecule is CC(C)CNCc1cccc(OCC(F)F)n1. The molecule has 0 unspecified atom stereocenters. The van der Waals surface area contributed by atoms with Crippen molar-refractivity contribution in [3.8, 4) is 5.88 Å². The summed E-state index contributed by atoms with van der Waals surface area (Å²) in [6, 6.07) is 5.16. The van der Waals surface area contributed by atoms with Crippen LogP contribution in [0.4, 0.5) is 8.78 Å². The summed E-state index contributed by atoms with van der Waals surface area (Å²) >= 11 is 0. The lowest BCUT2D eigenvalue weighted by Gasteiger charge is -2.08. The van der Waals surface area contributed by atoms with Gasteiger partial charge in [-0.3, -0.25) is 0 Å². The molecule has 17 heavy (non-hydrogen) atoms. The topological polar surface area (TPSA) is 34.1 Å². The zero-order valence-electron chi connectivity index (χ0n) is 10.1. The number of rotatable bonds is 7. The first-order valence-electron chi connectivity index (χ1n) is 5.65. The minimum atomic E-state index is -2.47. The van der Waals surface area contributed by atoms with Crippen LogP contribution >= 0.6 is 0 Å². The molecule has 0 aliphatic heterocycles. The van der Waals surface area contributed by atoms with Crippen molar-refractivity contribution >= 4 is 0 Å². The molecule has 0 aliphatic rings. The zero-order chi connectivity index (χ0) is 12.7. The zero-order valence-corrected chi connectivity index (χ0v) is 10.1. The normalized spacial score (nSPS) is 11.2. The van der Waals surface area contributed by atoms with E-state index in [2.05, 4.69) is 24.1 Å². The summed E-state index contributed by atoms with van der Waals surface area (Å²) in [5.74, 6) is 0.808. The van der Waals surface area contributed by atoms with Crippen LogP contribution < -0.4 is 10.1 Å². The van der Waals surface area contributed by atoms with E-state index in [1.165, 1.54) is 0 Å². The van der Waals surface area contributed by atoms with Crippen molar-refractivity contribution in [2.75, 3.05) is 13.2 Å². The van der Waals surface area contributed by atoms with Crippen LogP contribution in [-0.2, 0) is 6.54 Å². The van der Waals surface area contributed by atoms with Crippen LogP contribution in [-0.4, -0.2) is 24.6 Å². The summed E-state index contributed by atoms with van der Waals surface area (Å²) in [6.07, 6.45) is -2.47. The number of nitrogens with zero attached hydrogens (tertiary/aromatic N) is 1. The Kier molecular flexibility index (Phi) is 5.83. The van der Waals surface area contributed by atoms with E-state index in [1.807, 2.05) is 6.07 Å². The van der Waals surface area contributed by atoms with Gasteiger partial charge in [0.25, 0.3) is 6.43 Å². The molecule has 1 N–H and O–H groups in total. The molecule has 1 heterocycles. The third-order valence-corrected chi connectivity index (χ3v) is 2.00. The molecule has 0 aromatic carbocycles. The lowest BCUT2D eigenvalue weighted by Crippen LogP contribution is -2.19. The van der Waals surface area contributed by atoms with Crippen LogP contribution in [0, 0.1) is 5.92 Å². The second-order valence-corrected chi connectivity index (χ2v) is 4.19. The van der Waals surface area contributed by atoms with Gasteiger partial charge in [-0.25, -0.2) is 13.8 Å². The highest BCUT2D eigenvalue weighted by Crippen LogP contribution is 2.08. The number of pyridine rings is 1. The van der Waals surface area contributed by atoms with Crippen LogP contribution in [0.2, 0.25) is 0 Å². The molecule has 3 nitrogen and oxygen atoms in total. The van der Waals surface area contributed by atoms with Crippen molar-refractivity contribution in [2.45, 2.75) is 26.8 Å². The average molecular weight is 244 g/mol. The molecule has 5 heteroatoms. The van der Waals surface area contributed by atoms with Gasteiger partial charge in [0.1, 0.15) is 0 Å². The van der Waals surface area contributed by atoms with Gasteiger partial charge in [0.15, 0.2) is 6.61 Å². The van der Waals surface area contributed by atoms with Gasteiger partial charge in [-0.05, 0) is 18.5 Å². The number of ether oxygens (including phenoxy) is 1. The van der Waals surface area contributed by atoms with E-state index < -0.39 is 13.0 Å². The quantitative estimate of drug-likeness (QED) is 0.800. The molecule has 0 fully saturated rings. The summed E-state index contributed by atoms with van der Waals surface area (Å²) < 4.78 is 28.7. The van der Waals surface area contributed by atoms with Crippen LogP contribution in [0.3, 0.4) is 0 Å². The Balaban J connectivity index is 2.42.